The molecule has 0 radical (unpaired) electrons. The molecule has 0 saturated heterocycles. The van der Waals surface area contributed by atoms with Crippen LogP contribution in [0.15, 0.2) is 23.2 Å². The summed E-state index contributed by atoms with van der Waals surface area (Å²) in [7, 11) is 1.63. The van der Waals surface area contributed by atoms with Gasteiger partial charge in [0.25, 0.3) is 0 Å². The average Bonchev–Trinajstić information content (AvgIpc) is 2.64. The van der Waals surface area contributed by atoms with E-state index in [1.165, 1.54) is 0 Å². The third-order valence-electron chi connectivity index (χ3n) is 3.61. The fraction of sp³-hybridized carbons (Fsp3) is 0.619. The first kappa shape index (κ1) is 28.1. The number of rotatable bonds is 10. The van der Waals surface area contributed by atoms with Crippen molar-refractivity contribution in [2.75, 3.05) is 33.4 Å². The number of nitrogens with one attached hydrogen (secondary N) is 3. The second-order valence-corrected chi connectivity index (χ2v) is 7.32. The molecule has 0 spiro atoms. The number of aliphatic imine (C=N–C) groups is 1. The van der Waals surface area contributed by atoms with Crippen LogP contribution in [0.4, 0.5) is 4.79 Å². The van der Waals surface area contributed by atoms with Gasteiger partial charge in [-0.05, 0) is 58.7 Å². The summed E-state index contributed by atoms with van der Waals surface area (Å²) in [5.41, 5.74) is 0.537. The molecule has 0 atom stereocenters. The molecule has 30 heavy (non-hydrogen) atoms. The second-order valence-electron chi connectivity index (χ2n) is 7.32. The largest absolute Gasteiger partial charge is 0.493 e. The van der Waals surface area contributed by atoms with Crippen molar-refractivity contribution >= 4 is 36.0 Å². The molecule has 0 aliphatic carbocycles. The van der Waals surface area contributed by atoms with Crippen molar-refractivity contribution in [3.63, 3.8) is 0 Å². The number of alkyl carbamates (subject to hydrolysis) is 1. The molecule has 0 bridgehead atoms. The van der Waals surface area contributed by atoms with Crippen molar-refractivity contribution in [3.8, 4) is 11.5 Å². The molecule has 1 aromatic rings. The molecule has 1 amide bonds. The smallest absolute Gasteiger partial charge is 0.407 e. The Bertz CT molecular complexity index is 663. The Hall–Kier alpha value is -1.91. The fourth-order valence-electron chi connectivity index (χ4n) is 2.40. The monoisotopic (exact) mass is 536 g/mol. The minimum absolute atomic E-state index is 0. The molecule has 0 aliphatic rings. The Morgan fingerprint density at radius 1 is 1.07 bits per heavy atom. The summed E-state index contributed by atoms with van der Waals surface area (Å²) in [6.07, 6.45) is 0.350. The van der Waals surface area contributed by atoms with Crippen LogP contribution in [0.5, 0.6) is 11.5 Å². The number of halogens is 1. The van der Waals surface area contributed by atoms with Gasteiger partial charge in [0.05, 0.1) is 20.3 Å². The van der Waals surface area contributed by atoms with Crippen molar-refractivity contribution in [1.29, 1.82) is 0 Å². The van der Waals surface area contributed by atoms with E-state index >= 15 is 0 Å². The molecule has 1 rings (SSSR count). The van der Waals surface area contributed by atoms with Crippen molar-refractivity contribution in [3.05, 3.63) is 23.8 Å². The van der Waals surface area contributed by atoms with Crippen LogP contribution in [0.2, 0.25) is 0 Å². The number of methoxy groups -OCH3 is 1. The summed E-state index contributed by atoms with van der Waals surface area (Å²) < 4.78 is 16.1. The lowest BCUT2D eigenvalue weighted by molar-refractivity contribution is 0.0527. The topological polar surface area (TPSA) is 93.2 Å². The van der Waals surface area contributed by atoms with Gasteiger partial charge in [0.15, 0.2) is 17.5 Å². The van der Waals surface area contributed by atoms with E-state index in [0.29, 0.717) is 37.7 Å². The lowest BCUT2D eigenvalue weighted by Gasteiger charge is -2.19. The highest BCUT2D eigenvalue weighted by atomic mass is 127. The molecular formula is C21H37IN4O4. The van der Waals surface area contributed by atoms with Gasteiger partial charge >= 0.3 is 6.09 Å². The molecule has 0 saturated carbocycles. The number of hydrogen-bond donors (Lipinski definition) is 3. The lowest BCUT2D eigenvalue weighted by Crippen LogP contribution is -2.39. The van der Waals surface area contributed by atoms with E-state index in [-0.39, 0.29) is 24.0 Å². The minimum Gasteiger partial charge on any atom is -0.493 e. The summed E-state index contributed by atoms with van der Waals surface area (Å²) in [6, 6.07) is 5.80. The van der Waals surface area contributed by atoms with E-state index in [1.807, 2.05) is 52.8 Å². The SMILES string of the molecule is CCNC(=NCc1ccc(OC)c(OCC)c1)NCCCNC(=O)OC(C)(C)C.I. The number of nitrogens with zero attached hydrogens (tertiary/aromatic N) is 1. The summed E-state index contributed by atoms with van der Waals surface area (Å²) in [4.78, 5) is 16.2. The summed E-state index contributed by atoms with van der Waals surface area (Å²) >= 11 is 0. The molecule has 9 heteroatoms. The number of carbonyl (C=O) groups is 1. The highest BCUT2D eigenvalue weighted by molar-refractivity contribution is 14.0. The Morgan fingerprint density at radius 3 is 2.37 bits per heavy atom. The van der Waals surface area contributed by atoms with E-state index in [2.05, 4.69) is 20.9 Å². The van der Waals surface area contributed by atoms with E-state index in [1.54, 1.807) is 7.11 Å². The molecule has 0 aliphatic heterocycles. The number of ether oxygens (including phenoxy) is 3. The molecule has 0 unspecified atom stereocenters. The maximum Gasteiger partial charge on any atom is 0.407 e. The van der Waals surface area contributed by atoms with Gasteiger partial charge in [0, 0.05) is 19.6 Å². The van der Waals surface area contributed by atoms with Crippen LogP contribution in [0.3, 0.4) is 0 Å². The quantitative estimate of drug-likeness (QED) is 0.183. The van der Waals surface area contributed by atoms with Crippen molar-refractivity contribution < 1.29 is 19.0 Å². The van der Waals surface area contributed by atoms with Crippen molar-refractivity contribution in [2.45, 2.75) is 53.2 Å². The first-order valence-electron chi connectivity index (χ1n) is 10.1. The zero-order chi connectivity index (χ0) is 21.7. The van der Waals surface area contributed by atoms with Gasteiger partial charge in [-0.2, -0.15) is 0 Å². The van der Waals surface area contributed by atoms with Crippen molar-refractivity contribution in [2.24, 2.45) is 4.99 Å². The third-order valence-corrected chi connectivity index (χ3v) is 3.61. The number of amides is 1. The van der Waals surface area contributed by atoms with Gasteiger partial charge in [-0.3, -0.25) is 0 Å². The number of hydrogen-bond acceptors (Lipinski definition) is 5. The standard InChI is InChI=1S/C21H36N4O4.HI/c1-7-22-19(23-12-9-13-24-20(26)29-21(3,4)5)25-15-16-10-11-17(27-6)18(14-16)28-8-2;/h10-11,14H,7-9,12-13,15H2,1-6H3,(H,24,26)(H2,22,23,25);1H. The maximum atomic E-state index is 11.6. The Labute approximate surface area is 197 Å². The van der Waals surface area contributed by atoms with Crippen LogP contribution in [0, 0.1) is 0 Å². The lowest BCUT2D eigenvalue weighted by atomic mass is 10.2. The van der Waals surface area contributed by atoms with Gasteiger partial charge in [0.1, 0.15) is 5.60 Å². The summed E-state index contributed by atoms with van der Waals surface area (Å²) in [6.45, 7) is 12.5. The van der Waals surface area contributed by atoms with E-state index in [0.717, 1.165) is 24.5 Å². The van der Waals surface area contributed by atoms with Crippen LogP contribution < -0.4 is 25.4 Å². The Balaban J connectivity index is 0.00000841. The maximum absolute atomic E-state index is 11.6. The fourth-order valence-corrected chi connectivity index (χ4v) is 2.40. The van der Waals surface area contributed by atoms with Crippen LogP contribution >= 0.6 is 24.0 Å². The van der Waals surface area contributed by atoms with Gasteiger partial charge in [-0.1, -0.05) is 6.07 Å². The first-order valence-corrected chi connectivity index (χ1v) is 10.1. The Kier molecular flexibility index (Phi) is 14.0. The number of benzene rings is 1. The molecule has 0 fully saturated rings. The molecule has 0 aromatic heterocycles. The van der Waals surface area contributed by atoms with Crippen LogP contribution in [0.25, 0.3) is 0 Å². The molecule has 8 nitrogen and oxygen atoms in total. The molecule has 1 aromatic carbocycles. The highest BCUT2D eigenvalue weighted by Gasteiger charge is 2.15. The van der Waals surface area contributed by atoms with E-state index < -0.39 is 11.7 Å². The molecular weight excluding hydrogens is 499 g/mol. The van der Waals surface area contributed by atoms with Gasteiger partial charge in [0.2, 0.25) is 0 Å². The Morgan fingerprint density at radius 2 is 1.77 bits per heavy atom. The number of guanidine groups is 1. The predicted molar refractivity (Wildman–Crippen MR) is 131 cm³/mol. The molecule has 3 N–H and O–H groups in total. The van der Waals surface area contributed by atoms with Gasteiger partial charge in [-0.25, -0.2) is 9.79 Å². The van der Waals surface area contributed by atoms with Gasteiger partial charge in [-0.15, -0.1) is 24.0 Å². The minimum atomic E-state index is -0.489. The van der Waals surface area contributed by atoms with E-state index in [9.17, 15) is 4.79 Å². The predicted octanol–water partition coefficient (Wildman–Crippen LogP) is 3.68. The van der Waals surface area contributed by atoms with Crippen LogP contribution in [0.1, 0.15) is 46.6 Å². The second kappa shape index (κ2) is 15.0. The zero-order valence-corrected chi connectivity index (χ0v) is 21.3. The molecule has 0 heterocycles. The normalized spacial score (nSPS) is 11.2. The van der Waals surface area contributed by atoms with Gasteiger partial charge < -0.3 is 30.2 Å². The highest BCUT2D eigenvalue weighted by Crippen LogP contribution is 2.28. The van der Waals surface area contributed by atoms with E-state index in [4.69, 9.17) is 14.2 Å². The summed E-state index contributed by atoms with van der Waals surface area (Å²) in [5.74, 6) is 2.15. The average molecular weight is 536 g/mol. The third kappa shape index (κ3) is 11.9. The number of carbonyl (C=O) groups excluding carboxylic acids is 1. The molecule has 172 valence electrons. The van der Waals surface area contributed by atoms with Crippen LogP contribution in [-0.2, 0) is 11.3 Å². The van der Waals surface area contributed by atoms with Crippen molar-refractivity contribution in [1.82, 2.24) is 16.0 Å². The summed E-state index contributed by atoms with van der Waals surface area (Å²) in [5, 5.41) is 9.23. The van der Waals surface area contributed by atoms with Crippen LogP contribution in [-0.4, -0.2) is 51.0 Å². The zero-order valence-electron chi connectivity index (χ0n) is 19.0. The first-order chi connectivity index (χ1) is 13.8.